The average molecular weight is 184 g/mol. The molecule has 0 radical (unpaired) electrons. The fourth-order valence-electron chi connectivity index (χ4n) is 0.749. The van der Waals surface area contributed by atoms with Crippen molar-refractivity contribution < 1.29 is 4.74 Å². The molecule has 66 valence electrons. The normalized spacial score (nSPS) is 9.83. The molecule has 12 heavy (non-hydrogen) atoms. The van der Waals surface area contributed by atoms with Gasteiger partial charge in [0.05, 0.1) is 19.0 Å². The molecule has 4 heteroatoms. The maximum atomic E-state index is 5.20. The van der Waals surface area contributed by atoms with E-state index in [2.05, 4.69) is 16.9 Å². The minimum Gasteiger partial charge on any atom is -0.491 e. The molecular formula is C8H12N2OS. The molecule has 0 fully saturated rings. The van der Waals surface area contributed by atoms with Crippen LogP contribution in [0.1, 0.15) is 13.8 Å². The first-order valence-electron chi connectivity index (χ1n) is 3.94. The molecule has 3 nitrogen and oxygen atoms in total. The molecule has 0 aromatic carbocycles. The second-order valence-electron chi connectivity index (χ2n) is 2.07. The van der Waals surface area contributed by atoms with Crippen LogP contribution in [0.15, 0.2) is 17.6 Å². The van der Waals surface area contributed by atoms with Crippen LogP contribution in [0, 0.1) is 0 Å². The molecule has 1 rings (SSSR count). The van der Waals surface area contributed by atoms with Crippen molar-refractivity contribution in [2.45, 2.75) is 19.0 Å². The van der Waals surface area contributed by atoms with Crippen LogP contribution < -0.4 is 4.74 Å². The number of rotatable bonds is 4. The van der Waals surface area contributed by atoms with E-state index in [1.807, 2.05) is 6.92 Å². The Morgan fingerprint density at radius 2 is 2.00 bits per heavy atom. The summed E-state index contributed by atoms with van der Waals surface area (Å²) in [7, 11) is 0. The van der Waals surface area contributed by atoms with Gasteiger partial charge >= 0.3 is 0 Å². The Labute approximate surface area is 76.6 Å². The number of ether oxygens (including phenoxy) is 1. The fraction of sp³-hybridized carbons (Fsp3) is 0.500. The standard InChI is InChI=1S/C8H12N2OS/c1-3-11-7-5-9-8(10-6-7)12-4-2/h5-6H,3-4H2,1-2H3. The number of nitrogens with zero attached hydrogens (tertiary/aromatic N) is 2. The number of hydrogen-bond acceptors (Lipinski definition) is 4. The van der Waals surface area contributed by atoms with E-state index in [0.29, 0.717) is 6.61 Å². The van der Waals surface area contributed by atoms with Crippen molar-refractivity contribution in [3.8, 4) is 5.75 Å². The summed E-state index contributed by atoms with van der Waals surface area (Å²) < 4.78 is 5.20. The summed E-state index contributed by atoms with van der Waals surface area (Å²) in [5, 5.41) is 0.806. The van der Waals surface area contributed by atoms with Gasteiger partial charge in [-0.3, -0.25) is 0 Å². The van der Waals surface area contributed by atoms with Gasteiger partial charge in [-0.25, -0.2) is 9.97 Å². The van der Waals surface area contributed by atoms with Gasteiger partial charge in [0.2, 0.25) is 0 Å². The molecule has 0 amide bonds. The van der Waals surface area contributed by atoms with E-state index in [1.54, 1.807) is 24.2 Å². The Bertz CT molecular complexity index is 200. The molecular weight excluding hydrogens is 172 g/mol. The van der Waals surface area contributed by atoms with Crippen LogP contribution in [0.3, 0.4) is 0 Å². The first-order chi connectivity index (χ1) is 5.86. The smallest absolute Gasteiger partial charge is 0.187 e. The van der Waals surface area contributed by atoms with Gasteiger partial charge in [0.15, 0.2) is 10.9 Å². The third kappa shape index (κ3) is 2.70. The molecule has 0 saturated carbocycles. The Kier molecular flexibility index (Phi) is 3.87. The van der Waals surface area contributed by atoms with E-state index in [4.69, 9.17) is 4.74 Å². The van der Waals surface area contributed by atoms with Crippen molar-refractivity contribution in [3.05, 3.63) is 12.4 Å². The summed E-state index contributed by atoms with van der Waals surface area (Å²) in [6.07, 6.45) is 3.41. The zero-order valence-electron chi connectivity index (χ0n) is 7.28. The van der Waals surface area contributed by atoms with Gasteiger partial charge < -0.3 is 4.74 Å². The van der Waals surface area contributed by atoms with E-state index in [1.165, 1.54) is 0 Å². The molecule has 0 unspecified atom stereocenters. The lowest BCUT2D eigenvalue weighted by Gasteiger charge is -2.01. The maximum absolute atomic E-state index is 5.20. The van der Waals surface area contributed by atoms with E-state index in [0.717, 1.165) is 16.7 Å². The fourth-order valence-corrected chi connectivity index (χ4v) is 1.26. The van der Waals surface area contributed by atoms with Crippen molar-refractivity contribution in [2.75, 3.05) is 12.4 Å². The number of aromatic nitrogens is 2. The molecule has 0 N–H and O–H groups in total. The maximum Gasteiger partial charge on any atom is 0.187 e. The molecule has 0 spiro atoms. The second kappa shape index (κ2) is 4.98. The second-order valence-corrected chi connectivity index (χ2v) is 3.30. The zero-order valence-corrected chi connectivity index (χ0v) is 8.10. The SMILES string of the molecule is CCOc1cnc(SCC)nc1. The number of thioether (sulfide) groups is 1. The quantitative estimate of drug-likeness (QED) is 0.529. The highest BCUT2D eigenvalue weighted by atomic mass is 32.2. The van der Waals surface area contributed by atoms with Gasteiger partial charge in [-0.15, -0.1) is 0 Å². The molecule has 0 saturated heterocycles. The van der Waals surface area contributed by atoms with Crippen LogP contribution in [-0.4, -0.2) is 22.3 Å². The van der Waals surface area contributed by atoms with Gasteiger partial charge in [0, 0.05) is 0 Å². The minimum absolute atomic E-state index is 0.656. The number of hydrogen-bond donors (Lipinski definition) is 0. The van der Waals surface area contributed by atoms with Crippen molar-refractivity contribution >= 4 is 11.8 Å². The van der Waals surface area contributed by atoms with E-state index in [-0.39, 0.29) is 0 Å². The Balaban J connectivity index is 2.58. The lowest BCUT2D eigenvalue weighted by atomic mass is 10.6. The highest BCUT2D eigenvalue weighted by Crippen LogP contribution is 2.13. The van der Waals surface area contributed by atoms with Crippen LogP contribution in [0.4, 0.5) is 0 Å². The summed E-state index contributed by atoms with van der Waals surface area (Å²) in [6, 6.07) is 0. The highest BCUT2D eigenvalue weighted by Gasteiger charge is 1.96. The molecule has 0 aliphatic rings. The molecule has 1 heterocycles. The molecule has 0 aliphatic heterocycles. The van der Waals surface area contributed by atoms with Crippen LogP contribution in [-0.2, 0) is 0 Å². The minimum atomic E-state index is 0.656. The van der Waals surface area contributed by atoms with Crippen LogP contribution >= 0.6 is 11.8 Å². The zero-order chi connectivity index (χ0) is 8.81. The van der Waals surface area contributed by atoms with Crippen LogP contribution in [0.25, 0.3) is 0 Å². The monoisotopic (exact) mass is 184 g/mol. The van der Waals surface area contributed by atoms with Crippen molar-refractivity contribution in [1.82, 2.24) is 9.97 Å². The molecule has 1 aromatic heterocycles. The van der Waals surface area contributed by atoms with Gasteiger partial charge in [-0.1, -0.05) is 18.7 Å². The summed E-state index contributed by atoms with van der Waals surface area (Å²) in [4.78, 5) is 8.23. The van der Waals surface area contributed by atoms with Gasteiger partial charge in [0.25, 0.3) is 0 Å². The van der Waals surface area contributed by atoms with Crippen LogP contribution in [0.5, 0.6) is 5.75 Å². The first-order valence-corrected chi connectivity index (χ1v) is 4.93. The van der Waals surface area contributed by atoms with E-state index in [9.17, 15) is 0 Å². The Hall–Kier alpha value is -0.770. The average Bonchev–Trinajstić information content (AvgIpc) is 2.09. The Morgan fingerprint density at radius 3 is 2.50 bits per heavy atom. The molecule has 0 bridgehead atoms. The summed E-state index contributed by atoms with van der Waals surface area (Å²) in [5.41, 5.74) is 0. The van der Waals surface area contributed by atoms with E-state index < -0.39 is 0 Å². The van der Waals surface area contributed by atoms with Crippen molar-refractivity contribution in [3.63, 3.8) is 0 Å². The summed E-state index contributed by atoms with van der Waals surface area (Å²) in [6.45, 7) is 4.67. The predicted octanol–water partition coefficient (Wildman–Crippen LogP) is 1.99. The highest BCUT2D eigenvalue weighted by molar-refractivity contribution is 7.99. The third-order valence-electron chi connectivity index (χ3n) is 1.19. The molecule has 0 aliphatic carbocycles. The topological polar surface area (TPSA) is 35.0 Å². The summed E-state index contributed by atoms with van der Waals surface area (Å²) in [5.74, 6) is 1.73. The van der Waals surface area contributed by atoms with Crippen molar-refractivity contribution in [1.29, 1.82) is 0 Å². The third-order valence-corrected chi connectivity index (χ3v) is 1.95. The van der Waals surface area contributed by atoms with Gasteiger partial charge in [-0.2, -0.15) is 0 Å². The molecule has 1 aromatic rings. The predicted molar refractivity (Wildman–Crippen MR) is 49.6 cm³/mol. The van der Waals surface area contributed by atoms with Crippen molar-refractivity contribution in [2.24, 2.45) is 0 Å². The Morgan fingerprint density at radius 1 is 1.33 bits per heavy atom. The van der Waals surface area contributed by atoms with Gasteiger partial charge in [0.1, 0.15) is 0 Å². The summed E-state index contributed by atoms with van der Waals surface area (Å²) >= 11 is 1.62. The molecule has 0 atom stereocenters. The van der Waals surface area contributed by atoms with E-state index >= 15 is 0 Å². The lowest BCUT2D eigenvalue weighted by Crippen LogP contribution is -1.94. The van der Waals surface area contributed by atoms with Crippen LogP contribution in [0.2, 0.25) is 0 Å². The lowest BCUT2D eigenvalue weighted by molar-refractivity contribution is 0.336. The first kappa shape index (κ1) is 9.32. The van der Waals surface area contributed by atoms with Gasteiger partial charge in [-0.05, 0) is 12.7 Å². The largest absolute Gasteiger partial charge is 0.491 e.